The highest BCUT2D eigenvalue weighted by atomic mass is 32.2. The Morgan fingerprint density at radius 2 is 2.38 bits per heavy atom. The summed E-state index contributed by atoms with van der Waals surface area (Å²) in [7, 11) is 0. The topological polar surface area (TPSA) is 29.1 Å². The zero-order valence-corrected chi connectivity index (χ0v) is 9.94. The minimum atomic E-state index is -0.423. The summed E-state index contributed by atoms with van der Waals surface area (Å²) in [5.74, 6) is 1.19. The van der Waals surface area contributed by atoms with Crippen molar-refractivity contribution in [3.63, 3.8) is 0 Å². The Labute approximate surface area is 98.6 Å². The highest BCUT2D eigenvalue weighted by Gasteiger charge is 2.24. The third-order valence-electron chi connectivity index (χ3n) is 2.63. The number of Topliss-reactive ketones (excluding diaryl/α,β-unsaturated/α-hetero) is 1. The number of aryl methyl sites for hydroxylation is 1. The van der Waals surface area contributed by atoms with E-state index in [0.29, 0.717) is 0 Å². The van der Waals surface area contributed by atoms with Gasteiger partial charge in [0.05, 0.1) is 11.6 Å². The van der Waals surface area contributed by atoms with Gasteiger partial charge in [0.1, 0.15) is 5.82 Å². The minimum Gasteiger partial charge on any atom is -0.306 e. The van der Waals surface area contributed by atoms with Gasteiger partial charge in [-0.2, -0.15) is 11.8 Å². The van der Waals surface area contributed by atoms with Crippen LogP contribution in [-0.4, -0.2) is 29.9 Å². The van der Waals surface area contributed by atoms with E-state index in [-0.39, 0.29) is 17.4 Å². The summed E-state index contributed by atoms with van der Waals surface area (Å²) in [6.45, 7) is 2.67. The molecule has 1 saturated heterocycles. The van der Waals surface area contributed by atoms with Gasteiger partial charge in [-0.05, 0) is 19.1 Å². The van der Waals surface area contributed by atoms with Crippen molar-refractivity contribution in [2.24, 2.45) is 0 Å². The summed E-state index contributed by atoms with van der Waals surface area (Å²) in [6.07, 6.45) is 0. The zero-order valence-electron chi connectivity index (χ0n) is 9.13. The van der Waals surface area contributed by atoms with E-state index in [0.717, 1.165) is 23.6 Å². The van der Waals surface area contributed by atoms with Gasteiger partial charge in [0.25, 0.3) is 0 Å². The molecule has 0 radical (unpaired) electrons. The van der Waals surface area contributed by atoms with Crippen molar-refractivity contribution in [1.82, 2.24) is 5.32 Å². The highest BCUT2D eigenvalue weighted by molar-refractivity contribution is 7.99. The molecule has 1 fully saturated rings. The van der Waals surface area contributed by atoms with E-state index in [4.69, 9.17) is 0 Å². The largest absolute Gasteiger partial charge is 0.306 e. The van der Waals surface area contributed by atoms with E-state index in [1.165, 1.54) is 6.07 Å². The average Bonchev–Trinajstić information content (AvgIpc) is 2.32. The van der Waals surface area contributed by atoms with Gasteiger partial charge >= 0.3 is 0 Å². The second kappa shape index (κ2) is 4.97. The normalized spacial score (nSPS) is 20.8. The number of hydrogen-bond donors (Lipinski definition) is 1. The lowest BCUT2D eigenvalue weighted by molar-refractivity contribution is 0.0949. The smallest absolute Gasteiger partial charge is 0.183 e. The van der Waals surface area contributed by atoms with E-state index in [9.17, 15) is 9.18 Å². The number of benzene rings is 1. The molecule has 1 unspecified atom stereocenters. The molecule has 1 aromatic rings. The lowest BCUT2D eigenvalue weighted by atomic mass is 10.0. The van der Waals surface area contributed by atoms with Gasteiger partial charge in [-0.3, -0.25) is 4.79 Å². The number of nitrogens with one attached hydrogen (secondary N) is 1. The Balaban J connectivity index is 2.22. The first-order valence-electron chi connectivity index (χ1n) is 5.30. The van der Waals surface area contributed by atoms with E-state index in [2.05, 4.69) is 5.32 Å². The van der Waals surface area contributed by atoms with Gasteiger partial charge < -0.3 is 5.32 Å². The molecule has 0 spiro atoms. The predicted octanol–water partition coefficient (Wildman–Crippen LogP) is 2.02. The fourth-order valence-corrected chi connectivity index (χ4v) is 2.68. The average molecular weight is 239 g/mol. The summed E-state index contributed by atoms with van der Waals surface area (Å²) in [5, 5.41) is 3.13. The molecular weight excluding hydrogens is 225 g/mol. The molecule has 0 amide bonds. The van der Waals surface area contributed by atoms with E-state index >= 15 is 0 Å². The lowest BCUT2D eigenvalue weighted by Crippen LogP contribution is -2.43. The highest BCUT2D eigenvalue weighted by Crippen LogP contribution is 2.16. The molecule has 16 heavy (non-hydrogen) atoms. The molecule has 1 atom stereocenters. The molecule has 0 saturated carbocycles. The van der Waals surface area contributed by atoms with Crippen LogP contribution in [0, 0.1) is 12.7 Å². The summed E-state index contributed by atoms with van der Waals surface area (Å²) >= 11 is 1.73. The number of hydrogen-bond acceptors (Lipinski definition) is 3. The van der Waals surface area contributed by atoms with Gasteiger partial charge in [-0.25, -0.2) is 4.39 Å². The third kappa shape index (κ3) is 2.44. The molecule has 2 nitrogen and oxygen atoms in total. The maximum absolute atomic E-state index is 13.5. The quantitative estimate of drug-likeness (QED) is 0.801. The fraction of sp³-hybridized carbons (Fsp3) is 0.417. The van der Waals surface area contributed by atoms with Gasteiger partial charge in [0.15, 0.2) is 5.78 Å². The zero-order chi connectivity index (χ0) is 11.5. The van der Waals surface area contributed by atoms with Crippen LogP contribution in [-0.2, 0) is 0 Å². The Morgan fingerprint density at radius 1 is 1.56 bits per heavy atom. The first-order chi connectivity index (χ1) is 7.68. The Hall–Kier alpha value is -0.870. The van der Waals surface area contributed by atoms with Crippen molar-refractivity contribution in [1.29, 1.82) is 0 Å². The summed E-state index contributed by atoms with van der Waals surface area (Å²) < 4.78 is 13.5. The van der Waals surface area contributed by atoms with Gasteiger partial charge in [-0.1, -0.05) is 11.6 Å². The van der Waals surface area contributed by atoms with Crippen LogP contribution in [0.1, 0.15) is 15.9 Å². The summed E-state index contributed by atoms with van der Waals surface area (Å²) in [4.78, 5) is 12.1. The fourth-order valence-electron chi connectivity index (χ4n) is 1.75. The molecule has 1 aliphatic heterocycles. The van der Waals surface area contributed by atoms with Gasteiger partial charge in [-0.15, -0.1) is 0 Å². The molecule has 1 aromatic carbocycles. The monoisotopic (exact) mass is 239 g/mol. The molecule has 0 aliphatic carbocycles. The number of thioether (sulfide) groups is 1. The van der Waals surface area contributed by atoms with E-state index < -0.39 is 5.82 Å². The molecule has 86 valence electrons. The molecule has 2 rings (SSSR count). The van der Waals surface area contributed by atoms with Crippen LogP contribution in [0.15, 0.2) is 18.2 Å². The second-order valence-corrected chi connectivity index (χ2v) is 5.08. The lowest BCUT2D eigenvalue weighted by Gasteiger charge is -2.22. The Kier molecular flexibility index (Phi) is 3.61. The molecule has 0 aromatic heterocycles. The summed E-state index contributed by atoms with van der Waals surface area (Å²) in [5.41, 5.74) is 1.12. The van der Waals surface area contributed by atoms with Crippen LogP contribution in [0.25, 0.3) is 0 Å². The Morgan fingerprint density at radius 3 is 3.06 bits per heavy atom. The van der Waals surface area contributed by atoms with E-state index in [1.54, 1.807) is 23.9 Å². The number of ketones is 1. The van der Waals surface area contributed by atoms with Crippen molar-refractivity contribution in [2.75, 3.05) is 18.1 Å². The van der Waals surface area contributed by atoms with Crippen LogP contribution < -0.4 is 5.32 Å². The second-order valence-electron chi connectivity index (χ2n) is 3.93. The van der Waals surface area contributed by atoms with Crippen molar-refractivity contribution < 1.29 is 9.18 Å². The van der Waals surface area contributed by atoms with Crippen molar-refractivity contribution in [2.45, 2.75) is 13.0 Å². The predicted molar refractivity (Wildman–Crippen MR) is 64.6 cm³/mol. The maximum Gasteiger partial charge on any atom is 0.183 e. The first kappa shape index (κ1) is 11.6. The van der Waals surface area contributed by atoms with Crippen LogP contribution >= 0.6 is 11.8 Å². The minimum absolute atomic E-state index is 0.131. The first-order valence-corrected chi connectivity index (χ1v) is 6.45. The van der Waals surface area contributed by atoms with Crippen molar-refractivity contribution in [3.05, 3.63) is 35.1 Å². The van der Waals surface area contributed by atoms with Gasteiger partial charge in [0, 0.05) is 18.1 Å². The molecule has 4 heteroatoms. The number of carbonyl (C=O) groups excluding carboxylic acids is 1. The van der Waals surface area contributed by atoms with Crippen LogP contribution in [0.4, 0.5) is 4.39 Å². The van der Waals surface area contributed by atoms with Crippen LogP contribution in [0.3, 0.4) is 0 Å². The van der Waals surface area contributed by atoms with E-state index in [1.807, 2.05) is 6.92 Å². The SMILES string of the molecule is Cc1ccc(F)c(C(=O)C2CSCCN2)c1. The maximum atomic E-state index is 13.5. The van der Waals surface area contributed by atoms with Crippen molar-refractivity contribution in [3.8, 4) is 0 Å². The molecule has 1 heterocycles. The van der Waals surface area contributed by atoms with Gasteiger partial charge in [0.2, 0.25) is 0 Å². The number of carbonyl (C=O) groups is 1. The summed E-state index contributed by atoms with van der Waals surface area (Å²) in [6, 6.07) is 4.42. The van der Waals surface area contributed by atoms with Crippen LogP contribution in [0.2, 0.25) is 0 Å². The van der Waals surface area contributed by atoms with Crippen LogP contribution in [0.5, 0.6) is 0 Å². The Bertz CT molecular complexity index is 402. The third-order valence-corrected chi connectivity index (χ3v) is 3.69. The molecule has 0 bridgehead atoms. The standard InChI is InChI=1S/C12H14FNOS/c1-8-2-3-10(13)9(6-8)12(15)11-7-16-5-4-14-11/h2-3,6,11,14H,4-5,7H2,1H3. The molecule has 1 N–H and O–H groups in total. The number of halogens is 1. The molecular formula is C12H14FNOS. The van der Waals surface area contributed by atoms with Crippen molar-refractivity contribution >= 4 is 17.5 Å². The number of rotatable bonds is 2. The molecule has 1 aliphatic rings.